The van der Waals surface area contributed by atoms with Crippen molar-refractivity contribution in [1.82, 2.24) is 25.3 Å². The lowest BCUT2D eigenvalue weighted by molar-refractivity contribution is -0.139. The van der Waals surface area contributed by atoms with Gasteiger partial charge in [-0.1, -0.05) is 0 Å². The van der Waals surface area contributed by atoms with Gasteiger partial charge in [-0.3, -0.25) is 4.68 Å². The molecule has 0 spiro atoms. The minimum Gasteiger partial charge on any atom is -0.479 e. The molecule has 3 N–H and O–H groups in total. The number of aromatic nitrogens is 2. The minimum absolute atomic E-state index is 0.357. The Bertz CT molecular complexity index is 479. The summed E-state index contributed by atoms with van der Waals surface area (Å²) in [7, 11) is 1.70. The molecule has 1 fully saturated rings. The summed E-state index contributed by atoms with van der Waals surface area (Å²) in [6.07, 6.45) is 3.89. The molecule has 0 aliphatic carbocycles. The second kappa shape index (κ2) is 6.38. The summed E-state index contributed by atoms with van der Waals surface area (Å²) < 4.78 is 1.51. The smallest absolute Gasteiger partial charge is 0.331 e. The molecule has 1 aliphatic heterocycles. The van der Waals surface area contributed by atoms with Gasteiger partial charge in [0.1, 0.15) is 0 Å². The molecule has 2 rings (SSSR count). The first kappa shape index (κ1) is 14.3. The summed E-state index contributed by atoms with van der Waals surface area (Å²) in [4.78, 5) is 25.1. The Morgan fingerprint density at radius 1 is 1.45 bits per heavy atom. The van der Waals surface area contributed by atoms with Gasteiger partial charge in [0, 0.05) is 38.4 Å². The number of amides is 2. The first-order valence-electron chi connectivity index (χ1n) is 6.55. The van der Waals surface area contributed by atoms with E-state index in [0.29, 0.717) is 18.7 Å². The van der Waals surface area contributed by atoms with Crippen molar-refractivity contribution >= 4 is 12.0 Å². The molecule has 2 heterocycles. The molecule has 1 saturated heterocycles. The summed E-state index contributed by atoms with van der Waals surface area (Å²) in [5.41, 5.74) is 0.460. The quantitative estimate of drug-likeness (QED) is 0.697. The van der Waals surface area contributed by atoms with Gasteiger partial charge >= 0.3 is 12.0 Å². The Morgan fingerprint density at radius 2 is 2.25 bits per heavy atom. The third-order valence-corrected chi connectivity index (χ3v) is 3.20. The normalized spacial score (nSPS) is 17.4. The predicted octanol–water partition coefficient (Wildman–Crippen LogP) is -0.449. The first-order chi connectivity index (χ1) is 9.58. The van der Waals surface area contributed by atoms with Crippen LogP contribution in [0.1, 0.15) is 18.0 Å². The zero-order chi connectivity index (χ0) is 14.5. The third-order valence-electron chi connectivity index (χ3n) is 3.20. The number of carboxylic acids is 1. The molecule has 1 aromatic rings. The van der Waals surface area contributed by atoms with E-state index in [2.05, 4.69) is 15.7 Å². The number of carboxylic acid groups (broad SMARTS) is 1. The monoisotopic (exact) mass is 281 g/mol. The number of rotatable bonds is 3. The third kappa shape index (κ3) is 3.47. The first-order valence-corrected chi connectivity index (χ1v) is 6.55. The molecule has 0 bridgehead atoms. The highest BCUT2D eigenvalue weighted by Gasteiger charge is 2.26. The highest BCUT2D eigenvalue weighted by atomic mass is 16.4. The van der Waals surface area contributed by atoms with Crippen molar-refractivity contribution < 1.29 is 14.7 Å². The highest BCUT2D eigenvalue weighted by molar-refractivity contribution is 5.83. The van der Waals surface area contributed by atoms with Gasteiger partial charge < -0.3 is 20.6 Å². The van der Waals surface area contributed by atoms with Gasteiger partial charge in [-0.15, -0.1) is 0 Å². The second-order valence-electron chi connectivity index (χ2n) is 4.76. The van der Waals surface area contributed by atoms with E-state index in [9.17, 15) is 14.7 Å². The van der Waals surface area contributed by atoms with E-state index >= 15 is 0 Å². The lowest BCUT2D eigenvalue weighted by Gasteiger charge is -2.23. The van der Waals surface area contributed by atoms with Crippen molar-refractivity contribution in [3.05, 3.63) is 18.0 Å². The Morgan fingerprint density at radius 3 is 2.90 bits per heavy atom. The molecule has 1 unspecified atom stereocenters. The number of nitrogens with zero attached hydrogens (tertiary/aromatic N) is 3. The predicted molar refractivity (Wildman–Crippen MR) is 71.2 cm³/mol. The fraction of sp³-hybridized carbons (Fsp3) is 0.583. The Balaban J connectivity index is 2.04. The molecular weight excluding hydrogens is 262 g/mol. The van der Waals surface area contributed by atoms with Crippen LogP contribution in [0.4, 0.5) is 4.79 Å². The zero-order valence-electron chi connectivity index (χ0n) is 11.4. The van der Waals surface area contributed by atoms with Crippen LogP contribution in [0.15, 0.2) is 12.4 Å². The van der Waals surface area contributed by atoms with E-state index in [4.69, 9.17) is 0 Å². The van der Waals surface area contributed by atoms with Crippen LogP contribution in [0.5, 0.6) is 0 Å². The molecule has 1 aliphatic rings. The number of carbonyl (C=O) groups excluding carboxylic acids is 1. The number of carbonyl (C=O) groups is 2. The van der Waals surface area contributed by atoms with Crippen molar-refractivity contribution in [3.63, 3.8) is 0 Å². The molecule has 8 heteroatoms. The SMILES string of the molecule is Cn1cc(C(NC(=O)N2CCCNCC2)C(=O)O)cn1. The van der Waals surface area contributed by atoms with Crippen LogP contribution in [-0.4, -0.2) is 58.0 Å². The minimum atomic E-state index is -1.10. The van der Waals surface area contributed by atoms with Crippen molar-refractivity contribution in [2.45, 2.75) is 12.5 Å². The lowest BCUT2D eigenvalue weighted by Crippen LogP contribution is -2.45. The number of nitrogens with one attached hydrogen (secondary N) is 2. The molecule has 110 valence electrons. The van der Waals surface area contributed by atoms with Gasteiger partial charge in [0.2, 0.25) is 0 Å². The van der Waals surface area contributed by atoms with Crippen molar-refractivity contribution in [2.24, 2.45) is 7.05 Å². The van der Waals surface area contributed by atoms with E-state index < -0.39 is 12.0 Å². The number of aliphatic carboxylic acids is 1. The van der Waals surface area contributed by atoms with Gasteiger partial charge in [0.05, 0.1) is 6.20 Å². The van der Waals surface area contributed by atoms with E-state index in [1.54, 1.807) is 18.1 Å². The largest absolute Gasteiger partial charge is 0.479 e. The fourth-order valence-electron chi connectivity index (χ4n) is 2.14. The van der Waals surface area contributed by atoms with Crippen LogP contribution in [0.25, 0.3) is 0 Å². The highest BCUT2D eigenvalue weighted by Crippen LogP contribution is 2.12. The Kier molecular flexibility index (Phi) is 4.57. The van der Waals surface area contributed by atoms with Crippen LogP contribution in [0.3, 0.4) is 0 Å². The summed E-state index contributed by atoms with van der Waals surface area (Å²) in [5.74, 6) is -1.10. The van der Waals surface area contributed by atoms with Crippen molar-refractivity contribution in [3.8, 4) is 0 Å². The van der Waals surface area contributed by atoms with Gasteiger partial charge in [0.25, 0.3) is 0 Å². The molecule has 2 amide bonds. The number of aryl methyl sites for hydroxylation is 1. The molecule has 1 atom stereocenters. The summed E-state index contributed by atoms with van der Waals surface area (Å²) in [6, 6.07) is -1.43. The van der Waals surface area contributed by atoms with E-state index in [1.165, 1.54) is 10.9 Å². The summed E-state index contributed by atoms with van der Waals surface area (Å²) in [5, 5.41) is 18.9. The molecule has 8 nitrogen and oxygen atoms in total. The van der Waals surface area contributed by atoms with Gasteiger partial charge in [-0.2, -0.15) is 5.10 Å². The van der Waals surface area contributed by atoms with Crippen LogP contribution in [0.2, 0.25) is 0 Å². The topological polar surface area (TPSA) is 99.5 Å². The van der Waals surface area contributed by atoms with Crippen LogP contribution in [-0.2, 0) is 11.8 Å². The summed E-state index contributed by atoms with van der Waals surface area (Å²) >= 11 is 0. The molecule has 1 aromatic heterocycles. The maximum absolute atomic E-state index is 12.1. The van der Waals surface area contributed by atoms with Gasteiger partial charge in [-0.25, -0.2) is 9.59 Å². The number of urea groups is 1. The maximum atomic E-state index is 12.1. The van der Waals surface area contributed by atoms with E-state index in [-0.39, 0.29) is 6.03 Å². The maximum Gasteiger partial charge on any atom is 0.331 e. The number of hydrogen-bond donors (Lipinski definition) is 3. The van der Waals surface area contributed by atoms with Crippen LogP contribution in [0, 0.1) is 0 Å². The second-order valence-corrected chi connectivity index (χ2v) is 4.76. The average Bonchev–Trinajstić information content (AvgIpc) is 2.67. The van der Waals surface area contributed by atoms with Crippen molar-refractivity contribution in [1.29, 1.82) is 0 Å². The van der Waals surface area contributed by atoms with Gasteiger partial charge in [-0.05, 0) is 13.0 Å². The van der Waals surface area contributed by atoms with Gasteiger partial charge in [0.15, 0.2) is 6.04 Å². The van der Waals surface area contributed by atoms with Crippen LogP contribution >= 0.6 is 0 Å². The number of hydrogen-bond acceptors (Lipinski definition) is 4. The molecule has 0 aromatic carbocycles. The lowest BCUT2D eigenvalue weighted by atomic mass is 10.1. The Labute approximate surface area is 116 Å². The standard InChI is InChI=1S/C12H19N5O3/c1-16-8-9(7-14-16)10(11(18)19)15-12(20)17-5-2-3-13-4-6-17/h7-8,10,13H,2-6H2,1H3,(H,15,20)(H,18,19). The molecule has 0 saturated carbocycles. The van der Waals surface area contributed by atoms with E-state index in [1.807, 2.05) is 0 Å². The molecular formula is C12H19N5O3. The van der Waals surface area contributed by atoms with Crippen LogP contribution < -0.4 is 10.6 Å². The molecule has 20 heavy (non-hydrogen) atoms. The van der Waals surface area contributed by atoms with Crippen molar-refractivity contribution in [2.75, 3.05) is 26.2 Å². The summed E-state index contributed by atoms with van der Waals surface area (Å²) in [6.45, 7) is 2.79. The fourth-order valence-corrected chi connectivity index (χ4v) is 2.14. The average molecular weight is 281 g/mol. The molecule has 0 radical (unpaired) electrons. The zero-order valence-corrected chi connectivity index (χ0v) is 11.4. The van der Waals surface area contributed by atoms with E-state index in [0.717, 1.165) is 19.5 Å². The Hall–Kier alpha value is -2.09.